The SMILES string of the molecule is Cc1nn(C)c(C)c1C(=O)C(=O)N[C@H]1CCCC[C@H]1C(F)(F)F. The highest BCUT2D eigenvalue weighted by Crippen LogP contribution is 2.37. The maximum Gasteiger partial charge on any atom is 0.393 e. The molecule has 2 atom stereocenters. The first-order chi connectivity index (χ1) is 10.6. The lowest BCUT2D eigenvalue weighted by molar-refractivity contribution is -0.189. The summed E-state index contributed by atoms with van der Waals surface area (Å²) < 4.78 is 40.6. The van der Waals surface area contributed by atoms with Gasteiger partial charge in [-0.15, -0.1) is 0 Å². The number of aryl methyl sites for hydroxylation is 2. The van der Waals surface area contributed by atoms with E-state index in [0.717, 1.165) is 0 Å². The minimum atomic E-state index is -4.37. The molecule has 5 nitrogen and oxygen atoms in total. The molecular weight excluding hydrogens is 311 g/mol. The standard InChI is InChI=1S/C15H20F3N3O2/c1-8-12(9(2)21(3)20-8)13(22)14(23)19-11-7-5-4-6-10(11)15(16,17)18/h10-11H,4-7H2,1-3H3,(H,19,23)/t10-,11+/m1/s1. The monoisotopic (exact) mass is 331 g/mol. The number of halogens is 3. The fraction of sp³-hybridized carbons (Fsp3) is 0.667. The van der Waals surface area contributed by atoms with Crippen molar-refractivity contribution in [3.63, 3.8) is 0 Å². The number of hydrogen-bond acceptors (Lipinski definition) is 3. The molecule has 0 aliphatic heterocycles. The van der Waals surface area contributed by atoms with Crippen molar-refractivity contribution < 1.29 is 22.8 Å². The van der Waals surface area contributed by atoms with Crippen molar-refractivity contribution in [1.29, 1.82) is 0 Å². The number of alkyl halides is 3. The molecule has 1 aromatic heterocycles. The number of carbonyl (C=O) groups is 2. The number of hydrogen-bond donors (Lipinski definition) is 1. The summed E-state index contributed by atoms with van der Waals surface area (Å²) in [5.74, 6) is -3.42. The van der Waals surface area contributed by atoms with E-state index in [-0.39, 0.29) is 18.4 Å². The average Bonchev–Trinajstić information content (AvgIpc) is 2.71. The molecule has 2 rings (SSSR count). The Morgan fingerprint density at radius 3 is 2.35 bits per heavy atom. The molecule has 23 heavy (non-hydrogen) atoms. The van der Waals surface area contributed by atoms with E-state index in [1.807, 2.05) is 0 Å². The first-order valence-electron chi connectivity index (χ1n) is 7.55. The third kappa shape index (κ3) is 3.56. The molecule has 0 saturated heterocycles. The Kier molecular flexibility index (Phi) is 4.81. The molecule has 0 unspecified atom stereocenters. The molecule has 0 spiro atoms. The molecule has 8 heteroatoms. The topological polar surface area (TPSA) is 64.0 Å². The van der Waals surface area contributed by atoms with Gasteiger partial charge in [0.15, 0.2) is 0 Å². The number of aromatic nitrogens is 2. The first-order valence-corrected chi connectivity index (χ1v) is 7.55. The smallest absolute Gasteiger partial charge is 0.346 e. The zero-order valence-electron chi connectivity index (χ0n) is 13.3. The van der Waals surface area contributed by atoms with Crippen molar-refractivity contribution in [2.24, 2.45) is 13.0 Å². The van der Waals surface area contributed by atoms with Crippen LogP contribution in [0, 0.1) is 19.8 Å². The van der Waals surface area contributed by atoms with Gasteiger partial charge >= 0.3 is 6.18 Å². The van der Waals surface area contributed by atoms with Crippen molar-refractivity contribution in [1.82, 2.24) is 15.1 Å². The highest BCUT2D eigenvalue weighted by Gasteiger charge is 2.46. The predicted octanol–water partition coefficient (Wildman–Crippen LogP) is 2.46. The Morgan fingerprint density at radius 2 is 1.83 bits per heavy atom. The van der Waals surface area contributed by atoms with Crippen LogP contribution in [0.4, 0.5) is 13.2 Å². The van der Waals surface area contributed by atoms with Crippen LogP contribution in [0.5, 0.6) is 0 Å². The van der Waals surface area contributed by atoms with Crippen molar-refractivity contribution in [3.8, 4) is 0 Å². The maximum atomic E-state index is 13.0. The number of Topliss-reactive ketones (excluding diaryl/α,β-unsaturated/α-hetero) is 1. The summed E-state index contributed by atoms with van der Waals surface area (Å²) in [4.78, 5) is 24.4. The molecule has 1 aliphatic carbocycles. The second-order valence-electron chi connectivity index (χ2n) is 6.01. The van der Waals surface area contributed by atoms with Gasteiger partial charge in [0.25, 0.3) is 11.7 Å². The highest BCUT2D eigenvalue weighted by atomic mass is 19.4. The van der Waals surface area contributed by atoms with Crippen LogP contribution < -0.4 is 5.32 Å². The summed E-state index contributed by atoms with van der Waals surface area (Å²) in [7, 11) is 1.64. The van der Waals surface area contributed by atoms with Crippen molar-refractivity contribution in [2.45, 2.75) is 51.7 Å². The van der Waals surface area contributed by atoms with Crippen LogP contribution in [0.25, 0.3) is 0 Å². The minimum absolute atomic E-state index is 0.0203. The van der Waals surface area contributed by atoms with Gasteiger partial charge in [0.1, 0.15) is 0 Å². The van der Waals surface area contributed by atoms with E-state index in [2.05, 4.69) is 10.4 Å². The Labute approximate surface area is 132 Å². The van der Waals surface area contributed by atoms with Crippen LogP contribution in [0.1, 0.15) is 47.4 Å². The van der Waals surface area contributed by atoms with Gasteiger partial charge in [-0.1, -0.05) is 12.8 Å². The van der Waals surface area contributed by atoms with Gasteiger partial charge in [-0.3, -0.25) is 14.3 Å². The molecule has 1 N–H and O–H groups in total. The van der Waals surface area contributed by atoms with Gasteiger partial charge in [0.05, 0.1) is 17.2 Å². The number of amides is 1. The molecule has 0 bridgehead atoms. The van der Waals surface area contributed by atoms with Crippen LogP contribution >= 0.6 is 0 Å². The lowest BCUT2D eigenvalue weighted by Gasteiger charge is -2.33. The van der Waals surface area contributed by atoms with E-state index in [0.29, 0.717) is 24.2 Å². The Hall–Kier alpha value is -1.86. The number of nitrogens with one attached hydrogen (secondary N) is 1. The predicted molar refractivity (Wildman–Crippen MR) is 77.0 cm³/mol. The third-order valence-electron chi connectivity index (χ3n) is 4.45. The molecule has 1 fully saturated rings. The van der Waals surface area contributed by atoms with E-state index in [4.69, 9.17) is 0 Å². The van der Waals surface area contributed by atoms with Gasteiger partial charge in [-0.05, 0) is 26.7 Å². The number of nitrogens with zero attached hydrogens (tertiary/aromatic N) is 2. The zero-order valence-corrected chi connectivity index (χ0v) is 13.3. The Balaban J connectivity index is 2.15. The second-order valence-corrected chi connectivity index (χ2v) is 6.01. The van der Waals surface area contributed by atoms with Crippen molar-refractivity contribution >= 4 is 11.7 Å². The largest absolute Gasteiger partial charge is 0.393 e. The van der Waals surface area contributed by atoms with Crippen molar-refractivity contribution in [3.05, 3.63) is 17.0 Å². The summed E-state index contributed by atoms with van der Waals surface area (Å²) in [6, 6.07) is -1.04. The summed E-state index contributed by atoms with van der Waals surface area (Å²) in [6.45, 7) is 3.23. The van der Waals surface area contributed by atoms with Crippen LogP contribution in [-0.2, 0) is 11.8 Å². The quantitative estimate of drug-likeness (QED) is 0.683. The number of ketones is 1. The molecule has 0 radical (unpaired) electrons. The minimum Gasteiger partial charge on any atom is -0.346 e. The van der Waals surface area contributed by atoms with Gasteiger partial charge in [0.2, 0.25) is 0 Å². The third-order valence-corrected chi connectivity index (χ3v) is 4.45. The Bertz CT molecular complexity index is 622. The van der Waals surface area contributed by atoms with Gasteiger partial charge in [-0.2, -0.15) is 18.3 Å². The van der Waals surface area contributed by atoms with E-state index in [1.165, 1.54) is 4.68 Å². The average molecular weight is 331 g/mol. The van der Waals surface area contributed by atoms with Crippen LogP contribution in [0.2, 0.25) is 0 Å². The summed E-state index contributed by atoms with van der Waals surface area (Å²) in [5.41, 5.74) is 1.06. The molecular formula is C15H20F3N3O2. The zero-order chi connectivity index (χ0) is 17.4. The van der Waals surface area contributed by atoms with E-state index >= 15 is 0 Å². The van der Waals surface area contributed by atoms with Gasteiger partial charge in [-0.25, -0.2) is 0 Å². The van der Waals surface area contributed by atoms with E-state index < -0.39 is 29.8 Å². The number of rotatable bonds is 3. The lowest BCUT2D eigenvalue weighted by atomic mass is 9.84. The highest BCUT2D eigenvalue weighted by molar-refractivity contribution is 6.43. The molecule has 1 amide bonds. The summed E-state index contributed by atoms with van der Waals surface area (Å²) in [5, 5.41) is 6.34. The van der Waals surface area contributed by atoms with Crippen LogP contribution in [0.15, 0.2) is 0 Å². The fourth-order valence-electron chi connectivity index (χ4n) is 3.15. The van der Waals surface area contributed by atoms with Crippen molar-refractivity contribution in [2.75, 3.05) is 0 Å². The van der Waals surface area contributed by atoms with Gasteiger partial charge < -0.3 is 5.32 Å². The van der Waals surface area contributed by atoms with Gasteiger partial charge in [0, 0.05) is 18.8 Å². The van der Waals surface area contributed by atoms with E-state index in [1.54, 1.807) is 20.9 Å². The molecule has 1 aliphatic rings. The fourth-order valence-corrected chi connectivity index (χ4v) is 3.15. The first kappa shape index (κ1) is 17.5. The Morgan fingerprint density at radius 1 is 1.22 bits per heavy atom. The lowest BCUT2D eigenvalue weighted by Crippen LogP contribution is -2.49. The van der Waals surface area contributed by atoms with Crippen LogP contribution in [0.3, 0.4) is 0 Å². The summed E-state index contributed by atoms with van der Waals surface area (Å²) >= 11 is 0. The van der Waals surface area contributed by atoms with E-state index in [9.17, 15) is 22.8 Å². The summed E-state index contributed by atoms with van der Waals surface area (Å²) in [6.07, 6.45) is -3.08. The second kappa shape index (κ2) is 6.33. The molecule has 1 heterocycles. The molecule has 128 valence electrons. The number of carbonyl (C=O) groups excluding carboxylic acids is 2. The normalized spacial score (nSPS) is 22.0. The molecule has 1 aromatic rings. The molecule has 0 aromatic carbocycles. The molecule has 1 saturated carbocycles. The van der Waals surface area contributed by atoms with Crippen LogP contribution in [-0.4, -0.2) is 33.7 Å². The maximum absolute atomic E-state index is 13.0.